The van der Waals surface area contributed by atoms with Crippen LogP contribution in [0.25, 0.3) is 0 Å². The van der Waals surface area contributed by atoms with E-state index in [-0.39, 0.29) is 25.5 Å². The van der Waals surface area contributed by atoms with E-state index in [0.29, 0.717) is 17.4 Å². The van der Waals surface area contributed by atoms with Crippen molar-refractivity contribution in [1.82, 2.24) is 5.32 Å². The molecule has 9 heteroatoms. The number of aliphatic hydroxyl groups is 1. The highest BCUT2D eigenvalue weighted by atomic mass is 31.2. The van der Waals surface area contributed by atoms with Gasteiger partial charge in [-0.05, 0) is 44.9 Å². The molecule has 8 nitrogen and oxygen atoms in total. The number of hydrogen-bond acceptors (Lipinski definition) is 5. The minimum atomic E-state index is -4.36. The number of hydrogen-bond donors (Lipinski definition) is 3. The number of amides is 1. The summed E-state index contributed by atoms with van der Waals surface area (Å²) < 4.78 is 23.4. The van der Waals surface area contributed by atoms with Gasteiger partial charge in [-0.1, -0.05) is 164 Å². The lowest BCUT2D eigenvalue weighted by Gasteiger charge is -2.25. The van der Waals surface area contributed by atoms with Gasteiger partial charge in [0, 0.05) is 6.42 Å². The van der Waals surface area contributed by atoms with Gasteiger partial charge in [0.1, 0.15) is 13.2 Å². The maximum atomic E-state index is 12.8. The van der Waals surface area contributed by atoms with E-state index in [2.05, 4.69) is 67.8 Å². The summed E-state index contributed by atoms with van der Waals surface area (Å²) in [4.78, 5) is 23.0. The van der Waals surface area contributed by atoms with Gasteiger partial charge in [0.25, 0.3) is 0 Å². The molecule has 0 radical (unpaired) electrons. The topological polar surface area (TPSA) is 105 Å². The smallest absolute Gasteiger partial charge is 0.387 e. The predicted molar refractivity (Wildman–Crippen MR) is 221 cm³/mol. The van der Waals surface area contributed by atoms with Crippen LogP contribution in [-0.2, 0) is 18.4 Å². The molecule has 0 aromatic carbocycles. The lowest BCUT2D eigenvalue weighted by molar-refractivity contribution is -0.870. The second-order valence-electron chi connectivity index (χ2n) is 14.6. The first-order valence-corrected chi connectivity index (χ1v) is 21.8. The van der Waals surface area contributed by atoms with Crippen LogP contribution in [0.2, 0.25) is 0 Å². The molecule has 0 aromatic heterocycles. The summed E-state index contributed by atoms with van der Waals surface area (Å²) in [5.41, 5.74) is 0. The number of aliphatic hydroxyl groups excluding tert-OH is 1. The molecule has 52 heavy (non-hydrogen) atoms. The molecule has 0 aromatic rings. The molecule has 1 amide bonds. The highest BCUT2D eigenvalue weighted by molar-refractivity contribution is 7.47. The van der Waals surface area contributed by atoms with Crippen molar-refractivity contribution in [2.75, 3.05) is 40.9 Å². The van der Waals surface area contributed by atoms with Crippen molar-refractivity contribution in [3.63, 3.8) is 0 Å². The number of phosphoric acid groups is 1. The zero-order valence-corrected chi connectivity index (χ0v) is 34.7. The van der Waals surface area contributed by atoms with E-state index >= 15 is 0 Å². The van der Waals surface area contributed by atoms with E-state index in [4.69, 9.17) is 9.05 Å². The van der Waals surface area contributed by atoms with Crippen LogP contribution in [0.15, 0.2) is 72.9 Å². The van der Waals surface area contributed by atoms with E-state index in [1.165, 1.54) is 70.6 Å². The fraction of sp³-hybridized carbons (Fsp3) is 0.698. The lowest BCUT2D eigenvalue weighted by atomic mass is 10.0. The van der Waals surface area contributed by atoms with Gasteiger partial charge in [0.15, 0.2) is 0 Å². The molecule has 300 valence electrons. The number of likely N-dealkylation sites (N-methyl/N-ethyl adjacent to an activating group) is 1. The molecule has 0 saturated carbocycles. The van der Waals surface area contributed by atoms with E-state index in [1.807, 2.05) is 33.3 Å². The number of nitrogens with zero attached hydrogens (tertiary/aromatic N) is 1. The molecule has 0 aliphatic rings. The number of quaternary nitrogens is 1. The molecule has 0 rings (SSSR count). The highest BCUT2D eigenvalue weighted by Gasteiger charge is 2.27. The summed E-state index contributed by atoms with van der Waals surface area (Å²) >= 11 is 0. The van der Waals surface area contributed by atoms with Crippen molar-refractivity contribution in [3.8, 4) is 0 Å². The average molecular weight is 750 g/mol. The van der Waals surface area contributed by atoms with Gasteiger partial charge in [-0.25, -0.2) is 4.57 Å². The number of unbranched alkanes of at least 4 members (excludes halogenated alkanes) is 13. The fourth-order valence-electron chi connectivity index (χ4n) is 5.22. The normalized spacial score (nSPS) is 15.3. The standard InChI is InChI=1S/C43H77N2O6P/c1-6-8-10-12-14-16-18-20-22-24-26-28-30-32-34-36-42(46)41(40-51-52(48,49)50-39-38-45(3,4)5)44-43(47)37-35-33-31-29-27-25-23-21-19-17-15-13-11-9-7-2/h9,11,15,17,21,23,27,29,33-36,41-42,46H,6-8,10,12-14,16,18-20,22,24-26,28,30-32,37-40H2,1-5H3,(H-,44,47,48,49)/p+1/b11-9-,17-15-,23-21-,29-27-,35-33-,36-34+. The Labute approximate surface area is 319 Å². The van der Waals surface area contributed by atoms with Crippen LogP contribution in [0.5, 0.6) is 0 Å². The molecular formula is C43H78N2O6P+. The van der Waals surface area contributed by atoms with E-state index in [0.717, 1.165) is 44.9 Å². The Balaban J connectivity index is 4.67. The predicted octanol–water partition coefficient (Wildman–Crippen LogP) is 10.9. The molecule has 3 unspecified atom stereocenters. The summed E-state index contributed by atoms with van der Waals surface area (Å²) in [7, 11) is 1.50. The summed E-state index contributed by atoms with van der Waals surface area (Å²) in [5.74, 6) is -0.308. The van der Waals surface area contributed by atoms with Crippen LogP contribution in [0, 0.1) is 0 Å². The zero-order valence-electron chi connectivity index (χ0n) is 33.8. The molecule has 0 spiro atoms. The van der Waals surface area contributed by atoms with Crippen molar-refractivity contribution < 1.29 is 32.9 Å². The third-order valence-electron chi connectivity index (χ3n) is 8.46. The van der Waals surface area contributed by atoms with Crippen molar-refractivity contribution >= 4 is 13.7 Å². The van der Waals surface area contributed by atoms with E-state index in [1.54, 1.807) is 12.2 Å². The summed E-state index contributed by atoms with van der Waals surface area (Å²) in [6.45, 7) is 4.59. The van der Waals surface area contributed by atoms with Crippen LogP contribution in [0.1, 0.15) is 142 Å². The van der Waals surface area contributed by atoms with Crippen LogP contribution in [0.3, 0.4) is 0 Å². The highest BCUT2D eigenvalue weighted by Crippen LogP contribution is 2.43. The Hall–Kier alpha value is -2.06. The maximum Gasteiger partial charge on any atom is 0.472 e. The number of carbonyl (C=O) groups is 1. The SMILES string of the molecule is CC/C=C\C/C=C\C/C=C\C/C=C\C/C=C\CC(=O)NC(COP(=O)(O)OCC[N+](C)(C)C)C(O)/C=C/CCCCCCCCCCCCCCC. The minimum absolute atomic E-state index is 0.0416. The third-order valence-corrected chi connectivity index (χ3v) is 9.45. The Morgan fingerprint density at radius 3 is 1.62 bits per heavy atom. The number of phosphoric ester groups is 1. The molecule has 0 heterocycles. The molecule has 0 aliphatic carbocycles. The third kappa shape index (κ3) is 36.3. The molecular weight excluding hydrogens is 671 g/mol. The number of allylic oxidation sites excluding steroid dienone is 10. The van der Waals surface area contributed by atoms with Crippen molar-refractivity contribution in [2.24, 2.45) is 0 Å². The van der Waals surface area contributed by atoms with Gasteiger partial charge in [-0.15, -0.1) is 0 Å². The van der Waals surface area contributed by atoms with Gasteiger partial charge in [0.05, 0.1) is 39.9 Å². The first-order valence-electron chi connectivity index (χ1n) is 20.3. The van der Waals surface area contributed by atoms with E-state index in [9.17, 15) is 19.4 Å². The Morgan fingerprint density at radius 1 is 0.673 bits per heavy atom. The summed E-state index contributed by atoms with van der Waals surface area (Å²) in [5, 5.41) is 13.7. The summed E-state index contributed by atoms with van der Waals surface area (Å²) in [6, 6.07) is -0.902. The number of carbonyl (C=O) groups excluding carboxylic acids is 1. The molecule has 0 fully saturated rings. The second-order valence-corrected chi connectivity index (χ2v) is 16.1. The van der Waals surface area contributed by atoms with E-state index < -0.39 is 20.0 Å². The molecule has 0 aliphatic heterocycles. The van der Waals surface area contributed by atoms with Crippen LogP contribution in [0.4, 0.5) is 0 Å². The molecule has 0 saturated heterocycles. The van der Waals surface area contributed by atoms with Crippen LogP contribution >= 0.6 is 7.82 Å². The molecule has 0 bridgehead atoms. The van der Waals surface area contributed by atoms with Gasteiger partial charge < -0.3 is 19.8 Å². The maximum absolute atomic E-state index is 12.8. The van der Waals surface area contributed by atoms with Gasteiger partial charge in [-0.2, -0.15) is 0 Å². The Bertz CT molecular complexity index is 1080. The first-order chi connectivity index (χ1) is 25.0. The quantitative estimate of drug-likeness (QED) is 0.0258. The van der Waals surface area contributed by atoms with Gasteiger partial charge >= 0.3 is 7.82 Å². The van der Waals surface area contributed by atoms with Crippen molar-refractivity contribution in [1.29, 1.82) is 0 Å². The zero-order chi connectivity index (χ0) is 38.6. The largest absolute Gasteiger partial charge is 0.472 e. The average Bonchev–Trinajstić information content (AvgIpc) is 3.09. The number of rotatable bonds is 35. The lowest BCUT2D eigenvalue weighted by Crippen LogP contribution is -2.45. The minimum Gasteiger partial charge on any atom is -0.387 e. The van der Waals surface area contributed by atoms with Gasteiger partial charge in [0.2, 0.25) is 5.91 Å². The van der Waals surface area contributed by atoms with Gasteiger partial charge in [-0.3, -0.25) is 13.8 Å². The van der Waals surface area contributed by atoms with Crippen LogP contribution in [-0.4, -0.2) is 73.4 Å². The first kappa shape index (κ1) is 49.9. The van der Waals surface area contributed by atoms with Crippen molar-refractivity contribution in [3.05, 3.63) is 72.9 Å². The summed E-state index contributed by atoms with van der Waals surface area (Å²) in [6.07, 6.45) is 45.7. The number of nitrogens with one attached hydrogen (secondary N) is 1. The second kappa shape index (κ2) is 34.7. The van der Waals surface area contributed by atoms with Crippen molar-refractivity contribution in [2.45, 2.75) is 154 Å². The monoisotopic (exact) mass is 750 g/mol. The Morgan fingerprint density at radius 2 is 1.13 bits per heavy atom. The molecule has 3 N–H and O–H groups in total. The van der Waals surface area contributed by atoms with Crippen LogP contribution < -0.4 is 5.32 Å². The molecule has 3 atom stereocenters. The Kier molecular flexibility index (Phi) is 33.3. The fourth-order valence-corrected chi connectivity index (χ4v) is 5.96.